The lowest BCUT2D eigenvalue weighted by molar-refractivity contribution is -0.138. The van der Waals surface area contributed by atoms with Crippen LogP contribution >= 0.6 is 0 Å². The van der Waals surface area contributed by atoms with E-state index in [-0.39, 0.29) is 36.7 Å². The number of nitrogens with zero attached hydrogens (tertiary/aromatic N) is 6. The molecule has 240 valence electrons. The first-order chi connectivity index (χ1) is 21.1. The predicted molar refractivity (Wildman–Crippen MR) is 165 cm³/mol. The number of rotatable bonds is 16. The number of aromatic hydroxyl groups is 1. The Hall–Kier alpha value is -4.08. The second kappa shape index (κ2) is 16.7. The second-order valence-electron chi connectivity index (χ2n) is 11.4. The van der Waals surface area contributed by atoms with E-state index < -0.39 is 23.4 Å². The highest BCUT2D eigenvalue weighted by Gasteiger charge is 2.44. The highest BCUT2D eigenvalue weighted by atomic mass is 16.3. The fourth-order valence-electron chi connectivity index (χ4n) is 5.07. The fourth-order valence-corrected chi connectivity index (χ4v) is 5.07. The van der Waals surface area contributed by atoms with Crippen LogP contribution in [0.2, 0.25) is 0 Å². The van der Waals surface area contributed by atoms with Gasteiger partial charge >= 0.3 is 6.01 Å². The van der Waals surface area contributed by atoms with Crippen molar-refractivity contribution in [3.05, 3.63) is 18.6 Å². The Balaban J connectivity index is 1.49. The average molecular weight is 613 g/mol. The molecule has 0 aliphatic carbocycles. The molecule has 0 aromatic carbocycles. The Morgan fingerprint density at radius 2 is 1.75 bits per heavy atom. The molecule has 0 saturated carbocycles. The van der Waals surface area contributed by atoms with Crippen LogP contribution in [-0.4, -0.2) is 111 Å². The number of likely N-dealkylation sites (tertiary alicyclic amines) is 1. The summed E-state index contributed by atoms with van der Waals surface area (Å²) in [6, 6.07) is -1.11. The van der Waals surface area contributed by atoms with Gasteiger partial charge in [-0.05, 0) is 44.6 Å². The molecule has 5 N–H and O–H groups in total. The summed E-state index contributed by atoms with van der Waals surface area (Å²) >= 11 is 0. The van der Waals surface area contributed by atoms with Gasteiger partial charge in [-0.15, -0.1) is 5.10 Å². The molecule has 16 heteroatoms. The van der Waals surface area contributed by atoms with Gasteiger partial charge < -0.3 is 31.3 Å². The lowest BCUT2D eigenvalue weighted by Gasteiger charge is -2.41. The van der Waals surface area contributed by atoms with Crippen molar-refractivity contribution >= 4 is 31.5 Å². The summed E-state index contributed by atoms with van der Waals surface area (Å²) < 4.78 is 1.70. The van der Waals surface area contributed by atoms with Crippen LogP contribution in [0.1, 0.15) is 59.3 Å². The molecule has 1 fully saturated rings. The molecule has 2 aromatic rings. The maximum Gasteiger partial charge on any atom is 0.313 e. The number of piperidine rings is 1. The first kappa shape index (κ1) is 34.4. The summed E-state index contributed by atoms with van der Waals surface area (Å²) in [4.78, 5) is 61.3. The van der Waals surface area contributed by atoms with Crippen LogP contribution in [-0.2, 0) is 25.7 Å². The van der Waals surface area contributed by atoms with Gasteiger partial charge in [-0.25, -0.2) is 9.97 Å². The summed E-state index contributed by atoms with van der Waals surface area (Å²) in [6.45, 7) is 8.29. The zero-order valence-corrected chi connectivity index (χ0v) is 26.1. The first-order valence-electron chi connectivity index (χ1n) is 15.4. The van der Waals surface area contributed by atoms with Crippen LogP contribution < -0.4 is 21.3 Å². The van der Waals surface area contributed by atoms with Gasteiger partial charge in [0.05, 0.1) is 12.7 Å². The largest absolute Gasteiger partial charge is 0.479 e. The van der Waals surface area contributed by atoms with E-state index in [2.05, 4.69) is 46.4 Å². The third-order valence-electron chi connectivity index (χ3n) is 7.77. The standard InChI is InChI=1S/C28H45BN10O5/c1-4-38-12-9-28(10-13-38,26(43)30-16-23(41)33-18-29)35-25(42)24(19(2)3)34-22(40)8-6-5-7-11-39-17-21(36-37-39)20-14-31-27(44)32-15-20/h14-15,17,19,24H,4-13,16,18,29H2,1-3H3,(H,30,43)(H,33,41)(H,34,40)(H,35,42)(H,31,32,44)/t24-/m0/s1. The van der Waals surface area contributed by atoms with Crippen LogP contribution in [0, 0.1) is 5.92 Å². The summed E-state index contributed by atoms with van der Waals surface area (Å²) in [5.41, 5.74) is 0.0789. The zero-order valence-electron chi connectivity index (χ0n) is 26.1. The van der Waals surface area contributed by atoms with Crippen LogP contribution in [0.5, 0.6) is 6.01 Å². The van der Waals surface area contributed by atoms with Gasteiger partial charge in [0.2, 0.25) is 23.6 Å². The van der Waals surface area contributed by atoms with Crippen molar-refractivity contribution in [2.75, 3.05) is 32.6 Å². The maximum absolute atomic E-state index is 13.5. The van der Waals surface area contributed by atoms with Crippen molar-refractivity contribution in [1.82, 2.24) is 51.1 Å². The first-order valence-corrected chi connectivity index (χ1v) is 15.4. The highest BCUT2D eigenvalue weighted by Crippen LogP contribution is 2.24. The number of carbonyl (C=O) groups excluding carboxylic acids is 4. The molecule has 15 nitrogen and oxygen atoms in total. The van der Waals surface area contributed by atoms with Crippen molar-refractivity contribution in [2.45, 2.75) is 77.4 Å². The Kier molecular flexibility index (Phi) is 13.1. The molecule has 1 atom stereocenters. The predicted octanol–water partition coefficient (Wildman–Crippen LogP) is -1.06. The average Bonchev–Trinajstić information content (AvgIpc) is 3.48. The minimum Gasteiger partial charge on any atom is -0.479 e. The molecule has 1 aliphatic rings. The highest BCUT2D eigenvalue weighted by molar-refractivity contribution is 6.10. The van der Waals surface area contributed by atoms with Crippen LogP contribution in [0.25, 0.3) is 11.3 Å². The SMILES string of the molecule is BCNC(=O)CNC(=O)C1(NC(=O)[C@@H](NC(=O)CCCCCn2cc(-c3cnc(O)nc3)nn2)C(C)C)CCN(CC)CC1. The Labute approximate surface area is 258 Å². The van der Waals surface area contributed by atoms with E-state index in [4.69, 9.17) is 0 Å². The third kappa shape index (κ3) is 10.00. The van der Waals surface area contributed by atoms with Gasteiger partial charge in [-0.1, -0.05) is 32.4 Å². The molecular weight excluding hydrogens is 567 g/mol. The summed E-state index contributed by atoms with van der Waals surface area (Å²) in [6.07, 6.45) is 8.41. The Bertz CT molecular complexity index is 1250. The quantitative estimate of drug-likeness (QED) is 0.115. The molecule has 0 spiro atoms. The number of aromatic nitrogens is 5. The van der Waals surface area contributed by atoms with Crippen molar-refractivity contribution < 1.29 is 24.3 Å². The summed E-state index contributed by atoms with van der Waals surface area (Å²) in [5, 5.41) is 28.6. The molecule has 2 aromatic heterocycles. The molecule has 0 radical (unpaired) electrons. The number of amides is 4. The summed E-state index contributed by atoms with van der Waals surface area (Å²) in [5.74, 6) is -1.53. The van der Waals surface area contributed by atoms with Crippen LogP contribution in [0.15, 0.2) is 18.6 Å². The number of carbonyl (C=O) groups is 4. The fraction of sp³-hybridized carbons (Fsp3) is 0.643. The van der Waals surface area contributed by atoms with Gasteiger partial charge in [0, 0.05) is 44.0 Å². The van der Waals surface area contributed by atoms with Gasteiger partial charge in [0.1, 0.15) is 25.1 Å². The Morgan fingerprint density at radius 3 is 2.39 bits per heavy atom. The van der Waals surface area contributed by atoms with E-state index in [0.29, 0.717) is 56.6 Å². The normalized spacial score (nSPS) is 15.4. The minimum atomic E-state index is -1.16. The van der Waals surface area contributed by atoms with Crippen molar-refractivity contribution in [1.29, 1.82) is 0 Å². The molecule has 3 rings (SSSR count). The lowest BCUT2D eigenvalue weighted by Crippen LogP contribution is -2.66. The van der Waals surface area contributed by atoms with Crippen molar-refractivity contribution in [3.8, 4) is 17.3 Å². The number of nitrogens with one attached hydrogen (secondary N) is 4. The minimum absolute atomic E-state index is 0.169. The van der Waals surface area contributed by atoms with Gasteiger partial charge in [-0.2, -0.15) is 0 Å². The van der Waals surface area contributed by atoms with E-state index in [9.17, 15) is 24.3 Å². The smallest absolute Gasteiger partial charge is 0.313 e. The molecule has 3 heterocycles. The van der Waals surface area contributed by atoms with Crippen molar-refractivity contribution in [2.24, 2.45) is 5.92 Å². The van der Waals surface area contributed by atoms with Gasteiger partial charge in [-0.3, -0.25) is 23.9 Å². The molecule has 1 saturated heterocycles. The van der Waals surface area contributed by atoms with E-state index in [1.807, 2.05) is 20.8 Å². The second-order valence-corrected chi connectivity index (χ2v) is 11.4. The monoisotopic (exact) mass is 612 g/mol. The maximum atomic E-state index is 13.5. The molecule has 44 heavy (non-hydrogen) atoms. The van der Waals surface area contributed by atoms with E-state index in [1.54, 1.807) is 18.7 Å². The van der Waals surface area contributed by atoms with Crippen LogP contribution in [0.4, 0.5) is 0 Å². The molecule has 0 bridgehead atoms. The molecule has 4 amide bonds. The molecule has 1 aliphatic heterocycles. The summed E-state index contributed by atoms with van der Waals surface area (Å²) in [7, 11) is 1.80. The number of unbranched alkanes of at least 4 members (excludes halogenated alkanes) is 2. The topological polar surface area (TPSA) is 196 Å². The molecule has 0 unspecified atom stereocenters. The molecular formula is C28H45BN10O5. The number of aryl methyl sites for hydroxylation is 1. The van der Waals surface area contributed by atoms with Gasteiger partial charge in [0.15, 0.2) is 0 Å². The van der Waals surface area contributed by atoms with Crippen LogP contribution in [0.3, 0.4) is 0 Å². The Morgan fingerprint density at radius 1 is 1.05 bits per heavy atom. The van der Waals surface area contributed by atoms with E-state index in [0.717, 1.165) is 19.4 Å². The van der Waals surface area contributed by atoms with Gasteiger partial charge in [0.25, 0.3) is 0 Å². The number of hydrogen-bond donors (Lipinski definition) is 5. The lowest BCUT2D eigenvalue weighted by atomic mass is 9.85. The third-order valence-corrected chi connectivity index (χ3v) is 7.77. The van der Waals surface area contributed by atoms with E-state index in [1.165, 1.54) is 12.4 Å². The zero-order chi connectivity index (χ0) is 32.1. The van der Waals surface area contributed by atoms with E-state index >= 15 is 0 Å². The number of hydrogen-bond acceptors (Lipinski definition) is 10. The van der Waals surface area contributed by atoms with Crippen molar-refractivity contribution in [3.63, 3.8) is 0 Å².